The van der Waals surface area contributed by atoms with Crippen molar-refractivity contribution in [1.82, 2.24) is 5.32 Å². The first kappa shape index (κ1) is 12.4. The molecule has 3 nitrogen and oxygen atoms in total. The van der Waals surface area contributed by atoms with E-state index in [-0.39, 0.29) is 11.4 Å². The van der Waals surface area contributed by atoms with Gasteiger partial charge in [0.1, 0.15) is 0 Å². The van der Waals surface area contributed by atoms with Gasteiger partial charge >= 0.3 is 0 Å². The fourth-order valence-corrected chi connectivity index (χ4v) is 0.960. The molecule has 0 aliphatic rings. The molecule has 0 spiro atoms. The van der Waals surface area contributed by atoms with Gasteiger partial charge in [-0.2, -0.15) is 0 Å². The Bertz CT molecular complexity index is 149. The number of carbonyl (C=O) groups excluding carboxylic acids is 1. The predicted octanol–water partition coefficient (Wildman–Crippen LogP) is 1.72. The van der Waals surface area contributed by atoms with Crippen LogP contribution in [-0.2, 0) is 9.53 Å². The monoisotopic (exact) mass is 187 g/mol. The lowest BCUT2D eigenvalue weighted by molar-refractivity contribution is -0.122. The van der Waals surface area contributed by atoms with Crippen molar-refractivity contribution in [3.05, 3.63) is 0 Å². The molecule has 0 heterocycles. The van der Waals surface area contributed by atoms with Crippen LogP contribution in [0.25, 0.3) is 0 Å². The number of rotatable bonds is 5. The summed E-state index contributed by atoms with van der Waals surface area (Å²) in [5, 5.41) is 2.90. The van der Waals surface area contributed by atoms with E-state index in [2.05, 4.69) is 5.32 Å². The smallest absolute Gasteiger partial charge is 0.220 e. The molecule has 0 aromatic heterocycles. The molecule has 0 saturated heterocycles. The molecular formula is C10H21NO2. The molecule has 1 N–H and O–H groups in total. The van der Waals surface area contributed by atoms with Gasteiger partial charge in [0.15, 0.2) is 0 Å². The van der Waals surface area contributed by atoms with Gasteiger partial charge in [-0.3, -0.25) is 4.79 Å². The van der Waals surface area contributed by atoms with Crippen molar-refractivity contribution in [2.24, 2.45) is 0 Å². The maximum atomic E-state index is 11.3. The summed E-state index contributed by atoms with van der Waals surface area (Å²) in [7, 11) is 0. The van der Waals surface area contributed by atoms with Crippen LogP contribution in [0.2, 0.25) is 0 Å². The molecular weight excluding hydrogens is 166 g/mol. The summed E-state index contributed by atoms with van der Waals surface area (Å²) in [6.07, 6.45) is 1.35. The standard InChI is InChI=1S/C10H21NO2/c1-5-13-8-6-7-9(12)11-10(2,3)4/h5-8H2,1-4H3,(H,11,12). The van der Waals surface area contributed by atoms with E-state index in [0.717, 1.165) is 13.0 Å². The SMILES string of the molecule is CCOCCCC(=O)NC(C)(C)C. The quantitative estimate of drug-likeness (QED) is 0.665. The number of nitrogens with one attached hydrogen (secondary N) is 1. The van der Waals surface area contributed by atoms with Gasteiger partial charge in [0, 0.05) is 25.2 Å². The van der Waals surface area contributed by atoms with Crippen LogP contribution in [-0.4, -0.2) is 24.7 Å². The Kier molecular flexibility index (Phi) is 5.71. The molecule has 0 unspecified atom stereocenters. The zero-order valence-electron chi connectivity index (χ0n) is 9.14. The topological polar surface area (TPSA) is 38.3 Å². The molecule has 1 amide bonds. The average molecular weight is 187 g/mol. The first-order valence-electron chi connectivity index (χ1n) is 4.84. The molecule has 0 aromatic rings. The highest BCUT2D eigenvalue weighted by molar-refractivity contribution is 5.76. The van der Waals surface area contributed by atoms with Crippen molar-refractivity contribution in [2.45, 2.75) is 46.1 Å². The summed E-state index contributed by atoms with van der Waals surface area (Å²) in [6, 6.07) is 0. The Morgan fingerprint density at radius 3 is 2.46 bits per heavy atom. The number of amides is 1. The zero-order chi connectivity index (χ0) is 10.3. The lowest BCUT2D eigenvalue weighted by Gasteiger charge is -2.20. The van der Waals surface area contributed by atoms with E-state index in [1.165, 1.54) is 0 Å². The van der Waals surface area contributed by atoms with Crippen LogP contribution in [0.1, 0.15) is 40.5 Å². The third-order valence-corrected chi connectivity index (χ3v) is 1.41. The van der Waals surface area contributed by atoms with E-state index in [1.54, 1.807) is 0 Å². The van der Waals surface area contributed by atoms with E-state index < -0.39 is 0 Å². The fraction of sp³-hybridized carbons (Fsp3) is 0.900. The zero-order valence-corrected chi connectivity index (χ0v) is 9.14. The molecule has 0 aromatic carbocycles. The van der Waals surface area contributed by atoms with Gasteiger partial charge < -0.3 is 10.1 Å². The number of ether oxygens (including phenoxy) is 1. The molecule has 78 valence electrons. The van der Waals surface area contributed by atoms with Crippen molar-refractivity contribution < 1.29 is 9.53 Å². The Hall–Kier alpha value is -0.570. The second-order valence-electron chi connectivity index (χ2n) is 4.10. The van der Waals surface area contributed by atoms with Crippen LogP contribution in [0.5, 0.6) is 0 Å². The van der Waals surface area contributed by atoms with Gasteiger partial charge in [0.25, 0.3) is 0 Å². The highest BCUT2D eigenvalue weighted by atomic mass is 16.5. The maximum Gasteiger partial charge on any atom is 0.220 e. The second kappa shape index (κ2) is 5.97. The molecule has 0 atom stereocenters. The normalized spacial score (nSPS) is 11.4. The van der Waals surface area contributed by atoms with Crippen LogP contribution in [0, 0.1) is 0 Å². The third kappa shape index (κ3) is 9.34. The van der Waals surface area contributed by atoms with Crippen molar-refractivity contribution in [1.29, 1.82) is 0 Å². The summed E-state index contributed by atoms with van der Waals surface area (Å²) in [4.78, 5) is 11.3. The molecule has 0 aliphatic heterocycles. The molecule has 0 rings (SSSR count). The van der Waals surface area contributed by atoms with Crippen molar-refractivity contribution in [3.63, 3.8) is 0 Å². The van der Waals surface area contributed by atoms with Gasteiger partial charge in [-0.15, -0.1) is 0 Å². The molecule has 3 heteroatoms. The number of hydrogen-bond donors (Lipinski definition) is 1. The average Bonchev–Trinajstić information content (AvgIpc) is 1.94. The Morgan fingerprint density at radius 1 is 1.38 bits per heavy atom. The van der Waals surface area contributed by atoms with E-state index >= 15 is 0 Å². The summed E-state index contributed by atoms with van der Waals surface area (Å²) >= 11 is 0. The van der Waals surface area contributed by atoms with Gasteiger partial charge in [-0.1, -0.05) is 0 Å². The minimum atomic E-state index is -0.122. The molecule has 0 bridgehead atoms. The minimum absolute atomic E-state index is 0.104. The van der Waals surface area contributed by atoms with Gasteiger partial charge in [0.2, 0.25) is 5.91 Å². The molecule has 0 saturated carbocycles. The summed E-state index contributed by atoms with van der Waals surface area (Å²) in [5.41, 5.74) is -0.122. The number of hydrogen-bond acceptors (Lipinski definition) is 2. The van der Waals surface area contributed by atoms with Crippen LogP contribution < -0.4 is 5.32 Å². The first-order chi connectivity index (χ1) is 5.95. The van der Waals surface area contributed by atoms with Crippen molar-refractivity contribution in [3.8, 4) is 0 Å². The lowest BCUT2D eigenvalue weighted by Crippen LogP contribution is -2.40. The third-order valence-electron chi connectivity index (χ3n) is 1.41. The lowest BCUT2D eigenvalue weighted by atomic mass is 10.1. The minimum Gasteiger partial charge on any atom is -0.382 e. The highest BCUT2D eigenvalue weighted by Crippen LogP contribution is 2.00. The number of carbonyl (C=O) groups is 1. The molecule has 13 heavy (non-hydrogen) atoms. The van der Waals surface area contributed by atoms with E-state index in [9.17, 15) is 4.79 Å². The van der Waals surface area contributed by atoms with E-state index in [4.69, 9.17) is 4.74 Å². The Balaban J connectivity index is 3.41. The fourth-order valence-electron chi connectivity index (χ4n) is 0.960. The molecule has 0 fully saturated rings. The maximum absolute atomic E-state index is 11.3. The highest BCUT2D eigenvalue weighted by Gasteiger charge is 2.12. The van der Waals surface area contributed by atoms with Gasteiger partial charge in [0.05, 0.1) is 0 Å². The molecule has 0 radical (unpaired) electrons. The predicted molar refractivity (Wildman–Crippen MR) is 53.6 cm³/mol. The summed E-state index contributed by atoms with van der Waals surface area (Å²) in [6.45, 7) is 9.29. The van der Waals surface area contributed by atoms with E-state index in [1.807, 2.05) is 27.7 Å². The van der Waals surface area contributed by atoms with Gasteiger partial charge in [-0.05, 0) is 34.1 Å². The van der Waals surface area contributed by atoms with Crippen molar-refractivity contribution in [2.75, 3.05) is 13.2 Å². The van der Waals surface area contributed by atoms with Gasteiger partial charge in [-0.25, -0.2) is 0 Å². The second-order valence-corrected chi connectivity index (χ2v) is 4.10. The van der Waals surface area contributed by atoms with Crippen LogP contribution in [0.3, 0.4) is 0 Å². The Labute approximate surface area is 80.8 Å². The summed E-state index contributed by atoms with van der Waals surface area (Å²) < 4.78 is 5.13. The Morgan fingerprint density at radius 2 is 2.00 bits per heavy atom. The first-order valence-corrected chi connectivity index (χ1v) is 4.84. The van der Waals surface area contributed by atoms with Crippen LogP contribution in [0.15, 0.2) is 0 Å². The van der Waals surface area contributed by atoms with Crippen LogP contribution in [0.4, 0.5) is 0 Å². The summed E-state index contributed by atoms with van der Waals surface area (Å²) in [5.74, 6) is 0.104. The van der Waals surface area contributed by atoms with Crippen LogP contribution >= 0.6 is 0 Å². The largest absolute Gasteiger partial charge is 0.382 e. The van der Waals surface area contributed by atoms with E-state index in [0.29, 0.717) is 13.0 Å². The molecule has 0 aliphatic carbocycles. The van der Waals surface area contributed by atoms with Crippen molar-refractivity contribution >= 4 is 5.91 Å².